The molecule has 0 radical (unpaired) electrons. The Morgan fingerprint density at radius 1 is 1.44 bits per heavy atom. The fraction of sp³-hybridized carbons (Fsp3) is 0.400. The zero-order valence-electron chi connectivity index (χ0n) is 15.3. The van der Waals surface area contributed by atoms with Gasteiger partial charge in [0.15, 0.2) is 5.17 Å². The summed E-state index contributed by atoms with van der Waals surface area (Å²) in [6.45, 7) is 6.81. The largest absolute Gasteiger partial charge is 0.493 e. The van der Waals surface area contributed by atoms with Crippen molar-refractivity contribution in [3.63, 3.8) is 0 Å². The van der Waals surface area contributed by atoms with Crippen molar-refractivity contribution in [3.05, 3.63) is 40.4 Å². The van der Waals surface area contributed by atoms with Gasteiger partial charge in [-0.25, -0.2) is 0 Å². The van der Waals surface area contributed by atoms with Crippen LogP contribution in [0.15, 0.2) is 34.3 Å². The van der Waals surface area contributed by atoms with Crippen molar-refractivity contribution in [2.24, 2.45) is 4.99 Å². The van der Waals surface area contributed by atoms with E-state index in [1.807, 2.05) is 27.1 Å². The van der Waals surface area contributed by atoms with E-state index in [2.05, 4.69) is 46.5 Å². The summed E-state index contributed by atoms with van der Waals surface area (Å²) in [5.41, 5.74) is 3.17. The number of fused-ring (bicyclic) bond motifs is 1. The lowest BCUT2D eigenvalue weighted by molar-refractivity contribution is 0.342. The smallest absolute Gasteiger partial charge is 0.161 e. The third-order valence-corrected chi connectivity index (χ3v) is 4.98. The Balaban J connectivity index is 1.85. The number of benzene rings is 1. The number of nitrogens with zero attached hydrogens (tertiary/aromatic N) is 2. The van der Waals surface area contributed by atoms with Crippen LogP contribution in [-0.2, 0) is 0 Å². The molecule has 0 spiro atoms. The van der Waals surface area contributed by atoms with Crippen molar-refractivity contribution in [1.29, 1.82) is 0 Å². The fourth-order valence-electron chi connectivity index (χ4n) is 2.67. The molecule has 2 aromatic rings. The summed E-state index contributed by atoms with van der Waals surface area (Å²) < 4.78 is 5.85. The predicted molar refractivity (Wildman–Crippen MR) is 108 cm³/mol. The second-order valence-electron chi connectivity index (χ2n) is 6.28. The van der Waals surface area contributed by atoms with E-state index in [0.29, 0.717) is 12.6 Å². The van der Waals surface area contributed by atoms with Crippen LogP contribution in [0.4, 0.5) is 0 Å². The minimum absolute atomic E-state index is 0.613. The maximum Gasteiger partial charge on any atom is 0.161 e. The minimum Gasteiger partial charge on any atom is -0.493 e. The van der Waals surface area contributed by atoms with Crippen LogP contribution in [0.5, 0.6) is 5.75 Å². The average Bonchev–Trinajstić information content (AvgIpc) is 3.41. The molecular formula is C20H25N3OS. The van der Waals surface area contributed by atoms with E-state index in [-0.39, 0.29) is 0 Å². The first kappa shape index (κ1) is 17.8. The van der Waals surface area contributed by atoms with Crippen molar-refractivity contribution in [3.8, 4) is 5.75 Å². The van der Waals surface area contributed by atoms with Gasteiger partial charge in [0, 0.05) is 30.2 Å². The van der Waals surface area contributed by atoms with E-state index >= 15 is 0 Å². The number of aromatic nitrogens is 1. The predicted octanol–water partition coefficient (Wildman–Crippen LogP) is 4.77. The van der Waals surface area contributed by atoms with Gasteiger partial charge in [0.1, 0.15) is 5.75 Å². The zero-order chi connectivity index (χ0) is 17.8. The van der Waals surface area contributed by atoms with Crippen molar-refractivity contribution >= 4 is 33.9 Å². The van der Waals surface area contributed by atoms with Crippen LogP contribution >= 0.6 is 11.8 Å². The molecule has 1 heterocycles. The summed E-state index contributed by atoms with van der Waals surface area (Å²) in [6.07, 6.45) is 6.55. The van der Waals surface area contributed by atoms with E-state index in [0.717, 1.165) is 32.9 Å². The summed E-state index contributed by atoms with van der Waals surface area (Å²) in [5.74, 6) is 0.930. The van der Waals surface area contributed by atoms with Gasteiger partial charge < -0.3 is 10.1 Å². The molecule has 1 aromatic heterocycles. The normalized spacial score (nSPS) is 15.5. The summed E-state index contributed by atoms with van der Waals surface area (Å²) >= 11 is 1.68. The molecule has 0 unspecified atom stereocenters. The quantitative estimate of drug-likeness (QED) is 0.620. The van der Waals surface area contributed by atoms with Crippen molar-refractivity contribution in [2.75, 3.05) is 13.7 Å². The third kappa shape index (κ3) is 4.54. The zero-order valence-corrected chi connectivity index (χ0v) is 16.1. The number of allylic oxidation sites excluding steroid dienone is 1. The van der Waals surface area contributed by atoms with Crippen LogP contribution in [0.2, 0.25) is 0 Å². The van der Waals surface area contributed by atoms with E-state index in [1.165, 1.54) is 17.7 Å². The van der Waals surface area contributed by atoms with E-state index < -0.39 is 0 Å². The van der Waals surface area contributed by atoms with Crippen molar-refractivity contribution in [1.82, 2.24) is 10.3 Å². The number of hydrogen-bond acceptors (Lipinski definition) is 4. The SMILES string of the molecule is CCOc1c(C)cnc2ccc(/C=C(/C)SC(=NC)NC3CC3)cc12. The Labute approximate surface area is 153 Å². The first-order chi connectivity index (χ1) is 12.1. The van der Waals surface area contributed by atoms with Gasteiger partial charge in [-0.2, -0.15) is 0 Å². The van der Waals surface area contributed by atoms with Gasteiger partial charge in [-0.1, -0.05) is 17.8 Å². The fourth-order valence-corrected chi connectivity index (χ4v) is 3.49. The molecule has 0 aliphatic heterocycles. The minimum atomic E-state index is 0.613. The van der Waals surface area contributed by atoms with Crippen LogP contribution in [0, 0.1) is 6.92 Å². The number of amidine groups is 1. The Morgan fingerprint density at radius 3 is 2.92 bits per heavy atom. The first-order valence-corrected chi connectivity index (χ1v) is 9.54. The summed E-state index contributed by atoms with van der Waals surface area (Å²) in [5, 5.41) is 5.52. The highest BCUT2D eigenvalue weighted by Gasteiger charge is 2.22. The Hall–Kier alpha value is -2.01. The maximum absolute atomic E-state index is 5.85. The lowest BCUT2D eigenvalue weighted by Gasteiger charge is -2.11. The van der Waals surface area contributed by atoms with Crippen LogP contribution < -0.4 is 10.1 Å². The molecule has 1 saturated carbocycles. The number of rotatable bonds is 5. The van der Waals surface area contributed by atoms with Gasteiger partial charge in [-0.05, 0) is 62.3 Å². The summed E-state index contributed by atoms with van der Waals surface area (Å²) in [7, 11) is 1.84. The van der Waals surface area contributed by atoms with Gasteiger partial charge in [0.2, 0.25) is 0 Å². The molecule has 25 heavy (non-hydrogen) atoms. The monoisotopic (exact) mass is 355 g/mol. The van der Waals surface area contributed by atoms with Crippen LogP contribution in [0.25, 0.3) is 17.0 Å². The number of ether oxygens (including phenoxy) is 1. The highest BCUT2D eigenvalue weighted by Crippen LogP contribution is 2.30. The van der Waals surface area contributed by atoms with Gasteiger partial charge in [0.25, 0.3) is 0 Å². The van der Waals surface area contributed by atoms with Crippen LogP contribution in [0.1, 0.15) is 37.8 Å². The van der Waals surface area contributed by atoms with Crippen LogP contribution in [0.3, 0.4) is 0 Å². The molecule has 1 aliphatic carbocycles. The maximum atomic E-state index is 5.85. The molecular weight excluding hydrogens is 330 g/mol. The van der Waals surface area contributed by atoms with Gasteiger partial charge in [-0.3, -0.25) is 9.98 Å². The second-order valence-corrected chi connectivity index (χ2v) is 7.52. The molecule has 0 saturated heterocycles. The molecule has 1 N–H and O–H groups in total. The van der Waals surface area contributed by atoms with E-state index in [4.69, 9.17) is 4.74 Å². The van der Waals surface area contributed by atoms with Crippen molar-refractivity contribution < 1.29 is 4.74 Å². The van der Waals surface area contributed by atoms with Crippen molar-refractivity contribution in [2.45, 2.75) is 39.7 Å². The van der Waals surface area contributed by atoms with Gasteiger partial charge in [-0.15, -0.1) is 0 Å². The number of thioether (sulfide) groups is 1. The number of nitrogens with one attached hydrogen (secondary N) is 1. The highest BCUT2D eigenvalue weighted by molar-refractivity contribution is 8.17. The number of hydrogen-bond donors (Lipinski definition) is 1. The first-order valence-electron chi connectivity index (χ1n) is 8.72. The molecule has 5 heteroatoms. The molecule has 1 aliphatic rings. The molecule has 0 amide bonds. The number of pyridine rings is 1. The topological polar surface area (TPSA) is 46.5 Å². The lowest BCUT2D eigenvalue weighted by Crippen LogP contribution is -2.22. The summed E-state index contributed by atoms with van der Waals surface area (Å²) in [4.78, 5) is 10.1. The number of aliphatic imine (C=N–C) groups is 1. The molecule has 1 aromatic carbocycles. The molecule has 0 atom stereocenters. The van der Waals surface area contributed by atoms with E-state index in [9.17, 15) is 0 Å². The Bertz CT molecular complexity index is 825. The van der Waals surface area contributed by atoms with Crippen LogP contribution in [-0.4, -0.2) is 29.8 Å². The summed E-state index contributed by atoms with van der Waals surface area (Å²) in [6, 6.07) is 6.92. The van der Waals surface area contributed by atoms with Gasteiger partial charge >= 0.3 is 0 Å². The standard InChI is InChI=1S/C20H25N3OS/c1-5-24-19-13(2)12-22-18-9-6-15(11-17(18)19)10-14(3)25-20(21-4)23-16-7-8-16/h6,9-12,16H,5,7-8H2,1-4H3,(H,21,23)/b14-10-. The highest BCUT2D eigenvalue weighted by atomic mass is 32.2. The molecule has 4 nitrogen and oxygen atoms in total. The third-order valence-electron chi connectivity index (χ3n) is 4.04. The Kier molecular flexibility index (Phi) is 5.63. The van der Waals surface area contributed by atoms with E-state index in [1.54, 1.807) is 11.8 Å². The Morgan fingerprint density at radius 2 is 2.24 bits per heavy atom. The average molecular weight is 356 g/mol. The molecule has 132 valence electrons. The molecule has 1 fully saturated rings. The van der Waals surface area contributed by atoms with Gasteiger partial charge in [0.05, 0.1) is 12.1 Å². The number of aryl methyl sites for hydroxylation is 1. The molecule has 3 rings (SSSR count). The second kappa shape index (κ2) is 7.91. The molecule has 0 bridgehead atoms. The lowest BCUT2D eigenvalue weighted by atomic mass is 10.1.